The fourth-order valence-corrected chi connectivity index (χ4v) is 5.91. The van der Waals surface area contributed by atoms with Gasteiger partial charge in [-0.15, -0.1) is 17.3 Å². The molecule has 0 radical (unpaired) electrons. The normalized spacial score (nSPS) is 16.3. The summed E-state index contributed by atoms with van der Waals surface area (Å²) in [6.45, 7) is 4.80. The lowest BCUT2D eigenvalue weighted by Crippen LogP contribution is -2.51. The van der Waals surface area contributed by atoms with Crippen molar-refractivity contribution in [2.24, 2.45) is 12.8 Å². The summed E-state index contributed by atoms with van der Waals surface area (Å²) < 4.78 is 5.25. The van der Waals surface area contributed by atoms with Gasteiger partial charge in [-0.05, 0) is 44.9 Å². The first kappa shape index (κ1) is 26.9. The molecule has 1 amide bonds. The first-order chi connectivity index (χ1) is 18.7. The molecule has 4 aromatic rings. The third-order valence-corrected chi connectivity index (χ3v) is 8.03. The van der Waals surface area contributed by atoms with Crippen LogP contribution in [-0.4, -0.2) is 54.7 Å². The number of nitrogens with one attached hydrogen (secondary N) is 1. The summed E-state index contributed by atoms with van der Waals surface area (Å²) in [5.74, 6) is 6.24. The van der Waals surface area contributed by atoms with E-state index in [1.165, 1.54) is 20.5 Å². The first-order valence-electron chi connectivity index (χ1n) is 12.6. The van der Waals surface area contributed by atoms with E-state index in [0.717, 1.165) is 23.1 Å². The molecule has 0 aliphatic carbocycles. The van der Waals surface area contributed by atoms with Crippen LogP contribution in [0.4, 0.5) is 5.95 Å². The Kier molecular flexibility index (Phi) is 7.48. The largest absolute Gasteiger partial charge is 0.350 e. The number of aromatic nitrogens is 5. The second kappa shape index (κ2) is 10.8. The Morgan fingerprint density at radius 3 is 2.85 bits per heavy atom. The number of anilines is 1. The molecule has 0 unspecified atom stereocenters. The zero-order valence-electron chi connectivity index (χ0n) is 21.9. The highest BCUT2D eigenvalue weighted by atomic mass is 35.5. The number of carbonyl (C=O) groups excluding carboxylic acids is 1. The molecule has 204 valence electrons. The number of piperidine rings is 1. The molecule has 3 N–H and O–H groups in total. The molecule has 0 spiro atoms. The van der Waals surface area contributed by atoms with Crippen molar-refractivity contribution in [3.05, 3.63) is 49.1 Å². The Balaban J connectivity index is 1.59. The van der Waals surface area contributed by atoms with Crippen LogP contribution in [-0.2, 0) is 24.9 Å². The quantitative estimate of drug-likeness (QED) is 0.338. The van der Waals surface area contributed by atoms with Crippen LogP contribution in [0.15, 0.2) is 27.8 Å². The minimum atomic E-state index is -0.606. The average molecular weight is 569 g/mol. The van der Waals surface area contributed by atoms with E-state index >= 15 is 0 Å². The number of nitrogens with two attached hydrogens (primary N) is 1. The molecule has 4 heterocycles. The van der Waals surface area contributed by atoms with Crippen molar-refractivity contribution in [2.45, 2.75) is 51.9 Å². The number of aryl methyl sites for hydroxylation is 1. The predicted octanol–water partition coefficient (Wildman–Crippen LogP) is 1.66. The number of benzene rings is 1. The van der Waals surface area contributed by atoms with Gasteiger partial charge in [-0.3, -0.25) is 23.3 Å². The number of hydrogen-bond acceptors (Lipinski definition) is 8. The Bertz CT molecular complexity index is 1760. The minimum Gasteiger partial charge on any atom is -0.350 e. The van der Waals surface area contributed by atoms with Gasteiger partial charge in [0.15, 0.2) is 11.2 Å². The molecule has 13 heteroatoms. The molecule has 1 aliphatic rings. The zero-order chi connectivity index (χ0) is 27.8. The van der Waals surface area contributed by atoms with Gasteiger partial charge in [0.25, 0.3) is 5.56 Å². The highest BCUT2D eigenvalue weighted by Crippen LogP contribution is 2.26. The number of imidazole rings is 1. The van der Waals surface area contributed by atoms with Crippen molar-refractivity contribution >= 4 is 56.2 Å². The molecule has 1 aromatic carbocycles. The minimum absolute atomic E-state index is 0.0213. The lowest BCUT2D eigenvalue weighted by molar-refractivity contribution is -0.122. The van der Waals surface area contributed by atoms with Crippen molar-refractivity contribution in [3.8, 4) is 11.8 Å². The van der Waals surface area contributed by atoms with Gasteiger partial charge in [0, 0.05) is 31.2 Å². The molecule has 1 saturated heterocycles. The standard InChI is InChI=1S/C26H29ClN8O3S/c1-4-5-11-34-21-22(31-25(34)33-10-6-7-17(13-33)29-23(36)15(2)28)32(3)26(38)35(24(21)37)14-20-30-18-12-16(27)8-9-19(18)39-20/h8-9,12,15,17H,6-7,10-11,13-14,28H2,1-3H3,(H,29,36)/t15-,17+/m0/s1. The Hall–Kier alpha value is -3.66. The molecule has 5 rings (SSSR count). The number of halogens is 1. The lowest BCUT2D eigenvalue weighted by atomic mass is 10.1. The maximum atomic E-state index is 13.8. The van der Waals surface area contributed by atoms with Crippen LogP contribution in [0.25, 0.3) is 21.4 Å². The zero-order valence-corrected chi connectivity index (χ0v) is 23.5. The summed E-state index contributed by atoms with van der Waals surface area (Å²) in [6.07, 6.45) is 1.62. The van der Waals surface area contributed by atoms with Crippen LogP contribution in [0.2, 0.25) is 5.02 Å². The fraction of sp³-hybridized carbons (Fsp3) is 0.423. The third kappa shape index (κ3) is 5.17. The van der Waals surface area contributed by atoms with E-state index in [0.29, 0.717) is 34.6 Å². The number of fused-ring (bicyclic) bond motifs is 2. The van der Waals surface area contributed by atoms with Gasteiger partial charge < -0.3 is 16.0 Å². The number of hydrogen-bond donors (Lipinski definition) is 2. The Labute approximate surface area is 233 Å². The van der Waals surface area contributed by atoms with E-state index in [9.17, 15) is 14.4 Å². The summed E-state index contributed by atoms with van der Waals surface area (Å²) in [4.78, 5) is 50.8. The monoisotopic (exact) mass is 568 g/mol. The van der Waals surface area contributed by atoms with Crippen molar-refractivity contribution in [3.63, 3.8) is 0 Å². The van der Waals surface area contributed by atoms with Gasteiger partial charge in [0.2, 0.25) is 11.9 Å². The third-order valence-electron chi connectivity index (χ3n) is 6.78. The van der Waals surface area contributed by atoms with Crippen LogP contribution in [0.1, 0.15) is 31.7 Å². The van der Waals surface area contributed by atoms with Gasteiger partial charge in [0.1, 0.15) is 5.01 Å². The lowest BCUT2D eigenvalue weighted by Gasteiger charge is -2.34. The van der Waals surface area contributed by atoms with Gasteiger partial charge >= 0.3 is 5.69 Å². The highest BCUT2D eigenvalue weighted by Gasteiger charge is 2.28. The van der Waals surface area contributed by atoms with E-state index in [1.54, 1.807) is 37.6 Å². The van der Waals surface area contributed by atoms with E-state index in [1.807, 2.05) is 11.0 Å². The summed E-state index contributed by atoms with van der Waals surface area (Å²) in [6, 6.07) is 4.69. The van der Waals surface area contributed by atoms with Gasteiger partial charge in [-0.1, -0.05) is 17.5 Å². The Morgan fingerprint density at radius 2 is 2.10 bits per heavy atom. The SMILES string of the molecule is CC#CCn1c(N2CCC[C@@H](NC(=O)[C@H](C)N)C2)nc2c1c(=O)n(Cc1nc3cc(Cl)ccc3s1)c(=O)n2C. The van der Waals surface area contributed by atoms with Crippen LogP contribution in [0.3, 0.4) is 0 Å². The van der Waals surface area contributed by atoms with Crippen molar-refractivity contribution < 1.29 is 4.79 Å². The maximum absolute atomic E-state index is 13.8. The molecule has 39 heavy (non-hydrogen) atoms. The molecule has 1 aliphatic heterocycles. The molecule has 3 aromatic heterocycles. The second-order valence-corrected chi connectivity index (χ2v) is 11.2. The van der Waals surface area contributed by atoms with Crippen molar-refractivity contribution in [2.75, 3.05) is 18.0 Å². The summed E-state index contributed by atoms with van der Waals surface area (Å²) in [5, 5.41) is 4.18. The smallest absolute Gasteiger partial charge is 0.332 e. The van der Waals surface area contributed by atoms with Gasteiger partial charge in [-0.25, -0.2) is 9.78 Å². The first-order valence-corrected chi connectivity index (χ1v) is 13.8. The van der Waals surface area contributed by atoms with Crippen LogP contribution < -0.4 is 27.2 Å². The Morgan fingerprint density at radius 1 is 1.31 bits per heavy atom. The molecular weight excluding hydrogens is 540 g/mol. The van der Waals surface area contributed by atoms with Gasteiger partial charge in [0.05, 0.1) is 29.3 Å². The topological polar surface area (TPSA) is 133 Å². The number of nitrogens with zero attached hydrogens (tertiary/aromatic N) is 6. The van der Waals surface area contributed by atoms with Crippen LogP contribution in [0, 0.1) is 11.8 Å². The molecule has 0 bridgehead atoms. The van der Waals surface area contributed by atoms with Gasteiger partial charge in [-0.2, -0.15) is 4.98 Å². The molecule has 0 saturated carbocycles. The van der Waals surface area contributed by atoms with Crippen LogP contribution in [0.5, 0.6) is 0 Å². The van der Waals surface area contributed by atoms with E-state index in [-0.39, 0.29) is 30.7 Å². The number of thiazole rings is 1. The molecule has 2 atom stereocenters. The fourth-order valence-electron chi connectivity index (χ4n) is 4.81. The van der Waals surface area contributed by atoms with E-state index in [2.05, 4.69) is 22.1 Å². The van der Waals surface area contributed by atoms with Crippen LogP contribution >= 0.6 is 22.9 Å². The summed E-state index contributed by atoms with van der Waals surface area (Å²) in [7, 11) is 1.60. The second-order valence-electron chi connectivity index (χ2n) is 9.63. The van der Waals surface area contributed by atoms with Crippen molar-refractivity contribution in [1.29, 1.82) is 0 Å². The maximum Gasteiger partial charge on any atom is 0.332 e. The summed E-state index contributed by atoms with van der Waals surface area (Å²) in [5.41, 5.74) is 6.09. The number of rotatable bonds is 6. The van der Waals surface area contributed by atoms with E-state index in [4.69, 9.17) is 22.3 Å². The average Bonchev–Trinajstić information content (AvgIpc) is 3.49. The van der Waals surface area contributed by atoms with E-state index < -0.39 is 17.3 Å². The number of carbonyl (C=O) groups is 1. The highest BCUT2D eigenvalue weighted by molar-refractivity contribution is 7.18. The molecule has 1 fully saturated rings. The molecular formula is C26H29ClN8O3S. The predicted molar refractivity (Wildman–Crippen MR) is 153 cm³/mol. The summed E-state index contributed by atoms with van der Waals surface area (Å²) >= 11 is 7.51. The molecule has 11 nitrogen and oxygen atoms in total. The number of amides is 1. The van der Waals surface area contributed by atoms with Crippen molar-refractivity contribution in [1.82, 2.24) is 29.0 Å².